The summed E-state index contributed by atoms with van der Waals surface area (Å²) in [6, 6.07) is 13.0. The molecule has 2 rings (SSSR count). The number of sulfonamides is 1. The fourth-order valence-electron chi connectivity index (χ4n) is 3.21. The van der Waals surface area contributed by atoms with Gasteiger partial charge in [0.05, 0.1) is 11.9 Å². The first-order valence-electron chi connectivity index (χ1n) is 10.6. The summed E-state index contributed by atoms with van der Waals surface area (Å²) in [5.74, 6) is -0.836. The molecule has 9 heteroatoms. The minimum atomic E-state index is -3.75. The number of benzene rings is 2. The molecule has 0 aromatic heterocycles. The number of aryl methyl sites for hydroxylation is 1. The van der Waals surface area contributed by atoms with E-state index in [4.69, 9.17) is 11.6 Å². The van der Waals surface area contributed by atoms with Crippen molar-refractivity contribution in [1.29, 1.82) is 0 Å². The highest BCUT2D eigenvalue weighted by atomic mass is 35.5. The molecule has 33 heavy (non-hydrogen) atoms. The van der Waals surface area contributed by atoms with Crippen LogP contribution in [0, 0.1) is 6.92 Å². The van der Waals surface area contributed by atoms with Crippen LogP contribution in [0.1, 0.15) is 38.8 Å². The standard InChI is InChI=1S/C24H32ClN3O4S/c1-17-10-12-21(13-11-17)28(33(6,31)32)16-22(29)27(15-19-8-7-9-20(25)14-19)18(2)23(30)26-24(3,4)5/h7-14,18H,15-16H2,1-6H3,(H,26,30)/t18-/m1/s1. The molecule has 0 aliphatic heterocycles. The van der Waals surface area contributed by atoms with E-state index in [1.807, 2.05) is 27.7 Å². The lowest BCUT2D eigenvalue weighted by Crippen LogP contribution is -2.54. The van der Waals surface area contributed by atoms with Gasteiger partial charge in [0, 0.05) is 17.1 Å². The zero-order valence-corrected chi connectivity index (χ0v) is 21.5. The molecule has 0 saturated carbocycles. The van der Waals surface area contributed by atoms with Gasteiger partial charge >= 0.3 is 0 Å². The summed E-state index contributed by atoms with van der Waals surface area (Å²) in [6.45, 7) is 8.73. The highest BCUT2D eigenvalue weighted by Crippen LogP contribution is 2.20. The van der Waals surface area contributed by atoms with Crippen LogP contribution in [0.5, 0.6) is 0 Å². The Labute approximate surface area is 201 Å². The smallest absolute Gasteiger partial charge is 0.244 e. The van der Waals surface area contributed by atoms with Crippen molar-refractivity contribution in [3.63, 3.8) is 0 Å². The molecule has 7 nitrogen and oxygen atoms in total. The number of nitrogens with one attached hydrogen (secondary N) is 1. The van der Waals surface area contributed by atoms with Gasteiger partial charge in [-0.3, -0.25) is 13.9 Å². The normalized spacial score (nSPS) is 12.7. The van der Waals surface area contributed by atoms with E-state index < -0.39 is 34.1 Å². The van der Waals surface area contributed by atoms with Crippen LogP contribution in [-0.2, 0) is 26.2 Å². The van der Waals surface area contributed by atoms with Gasteiger partial charge in [-0.15, -0.1) is 0 Å². The third-order valence-electron chi connectivity index (χ3n) is 4.91. The van der Waals surface area contributed by atoms with Crippen molar-refractivity contribution < 1.29 is 18.0 Å². The number of rotatable bonds is 8. The Balaban J connectivity index is 2.39. The second-order valence-electron chi connectivity index (χ2n) is 9.17. The Bertz CT molecular complexity index is 1100. The SMILES string of the molecule is Cc1ccc(N(CC(=O)N(Cc2cccc(Cl)c2)[C@H](C)C(=O)NC(C)(C)C)S(C)(=O)=O)cc1. The zero-order valence-electron chi connectivity index (χ0n) is 19.9. The topological polar surface area (TPSA) is 86.8 Å². The number of nitrogens with zero attached hydrogens (tertiary/aromatic N) is 2. The number of anilines is 1. The first kappa shape index (κ1) is 26.7. The Morgan fingerprint density at radius 3 is 2.21 bits per heavy atom. The van der Waals surface area contributed by atoms with E-state index in [1.165, 1.54) is 4.90 Å². The molecule has 0 unspecified atom stereocenters. The molecule has 0 bridgehead atoms. The Morgan fingerprint density at radius 1 is 1.09 bits per heavy atom. The van der Waals surface area contributed by atoms with Gasteiger partial charge in [0.25, 0.3) is 0 Å². The van der Waals surface area contributed by atoms with Crippen LogP contribution in [0.3, 0.4) is 0 Å². The number of hydrogen-bond acceptors (Lipinski definition) is 4. The number of carbonyl (C=O) groups excluding carboxylic acids is 2. The van der Waals surface area contributed by atoms with E-state index in [0.29, 0.717) is 10.7 Å². The van der Waals surface area contributed by atoms with Crippen molar-refractivity contribution in [2.75, 3.05) is 17.1 Å². The average Bonchev–Trinajstić information content (AvgIpc) is 2.68. The van der Waals surface area contributed by atoms with Gasteiger partial charge in [-0.2, -0.15) is 0 Å². The maximum atomic E-state index is 13.4. The molecule has 0 aliphatic carbocycles. The molecule has 0 fully saturated rings. The maximum Gasteiger partial charge on any atom is 0.244 e. The Hall–Kier alpha value is -2.58. The largest absolute Gasteiger partial charge is 0.350 e. The van der Waals surface area contributed by atoms with Crippen molar-refractivity contribution in [3.05, 3.63) is 64.7 Å². The summed E-state index contributed by atoms with van der Waals surface area (Å²) in [5.41, 5.74) is 1.59. The molecule has 1 atom stereocenters. The van der Waals surface area contributed by atoms with E-state index in [2.05, 4.69) is 5.32 Å². The number of hydrogen-bond donors (Lipinski definition) is 1. The van der Waals surface area contributed by atoms with E-state index in [-0.39, 0.29) is 12.5 Å². The summed E-state index contributed by atoms with van der Waals surface area (Å²) < 4.78 is 26.1. The van der Waals surface area contributed by atoms with Crippen molar-refractivity contribution in [3.8, 4) is 0 Å². The summed E-state index contributed by atoms with van der Waals surface area (Å²) in [7, 11) is -3.75. The molecule has 0 spiro atoms. The molecular formula is C24H32ClN3O4S. The van der Waals surface area contributed by atoms with Gasteiger partial charge in [0.15, 0.2) is 0 Å². The zero-order chi connectivity index (χ0) is 25.0. The number of halogens is 1. The van der Waals surface area contributed by atoms with E-state index >= 15 is 0 Å². The molecule has 0 saturated heterocycles. The van der Waals surface area contributed by atoms with Gasteiger partial charge in [0.2, 0.25) is 21.8 Å². The summed E-state index contributed by atoms with van der Waals surface area (Å²) in [6.07, 6.45) is 1.05. The Kier molecular flexibility index (Phi) is 8.54. The first-order chi connectivity index (χ1) is 15.2. The summed E-state index contributed by atoms with van der Waals surface area (Å²) in [4.78, 5) is 27.7. The summed E-state index contributed by atoms with van der Waals surface area (Å²) >= 11 is 6.10. The fraction of sp³-hybridized carbons (Fsp3) is 0.417. The van der Waals surface area contributed by atoms with Gasteiger partial charge < -0.3 is 10.2 Å². The third kappa shape index (κ3) is 8.05. The minimum Gasteiger partial charge on any atom is -0.350 e. The lowest BCUT2D eigenvalue weighted by molar-refractivity contribution is -0.140. The lowest BCUT2D eigenvalue weighted by atomic mass is 10.1. The molecular weight excluding hydrogens is 462 g/mol. The van der Waals surface area contributed by atoms with Crippen LogP contribution >= 0.6 is 11.6 Å². The van der Waals surface area contributed by atoms with Crippen molar-refractivity contribution in [1.82, 2.24) is 10.2 Å². The predicted octanol–water partition coefficient (Wildman–Crippen LogP) is 3.75. The second-order valence-corrected chi connectivity index (χ2v) is 11.5. The molecule has 180 valence electrons. The van der Waals surface area contributed by atoms with Crippen LogP contribution in [0.2, 0.25) is 5.02 Å². The van der Waals surface area contributed by atoms with Gasteiger partial charge in [0.1, 0.15) is 12.6 Å². The van der Waals surface area contributed by atoms with Crippen LogP contribution in [0.4, 0.5) is 5.69 Å². The first-order valence-corrected chi connectivity index (χ1v) is 12.8. The molecule has 2 aromatic carbocycles. The van der Waals surface area contributed by atoms with Crippen LogP contribution in [-0.4, -0.2) is 49.5 Å². The fourth-order valence-corrected chi connectivity index (χ4v) is 4.28. The highest BCUT2D eigenvalue weighted by Gasteiger charge is 2.31. The van der Waals surface area contributed by atoms with Crippen molar-refractivity contribution in [2.24, 2.45) is 0 Å². The molecule has 2 amide bonds. The van der Waals surface area contributed by atoms with E-state index in [9.17, 15) is 18.0 Å². The van der Waals surface area contributed by atoms with Gasteiger partial charge in [-0.1, -0.05) is 41.4 Å². The van der Waals surface area contributed by atoms with Crippen molar-refractivity contribution in [2.45, 2.75) is 52.7 Å². The van der Waals surface area contributed by atoms with E-state index in [0.717, 1.165) is 21.7 Å². The molecule has 1 N–H and O–H groups in total. The average molecular weight is 494 g/mol. The third-order valence-corrected chi connectivity index (χ3v) is 6.28. The number of amides is 2. The monoisotopic (exact) mass is 493 g/mol. The summed E-state index contributed by atoms with van der Waals surface area (Å²) in [5, 5.41) is 3.39. The van der Waals surface area contributed by atoms with Crippen molar-refractivity contribution >= 4 is 39.1 Å². The second kappa shape index (κ2) is 10.6. The van der Waals surface area contributed by atoms with E-state index in [1.54, 1.807) is 55.5 Å². The minimum absolute atomic E-state index is 0.101. The number of carbonyl (C=O) groups is 2. The molecule has 0 radical (unpaired) electrons. The lowest BCUT2D eigenvalue weighted by Gasteiger charge is -2.33. The maximum absolute atomic E-state index is 13.4. The quantitative estimate of drug-likeness (QED) is 0.606. The van der Waals surface area contributed by atoms with Gasteiger partial charge in [-0.25, -0.2) is 8.42 Å². The Morgan fingerprint density at radius 2 is 1.70 bits per heavy atom. The highest BCUT2D eigenvalue weighted by molar-refractivity contribution is 7.92. The van der Waals surface area contributed by atoms with Crippen LogP contribution in [0.15, 0.2) is 48.5 Å². The predicted molar refractivity (Wildman–Crippen MR) is 133 cm³/mol. The molecule has 0 heterocycles. The molecule has 2 aromatic rings. The van der Waals surface area contributed by atoms with Crippen LogP contribution < -0.4 is 9.62 Å². The van der Waals surface area contributed by atoms with Gasteiger partial charge in [-0.05, 0) is 64.4 Å². The molecule has 0 aliphatic rings. The van der Waals surface area contributed by atoms with Crippen LogP contribution in [0.25, 0.3) is 0 Å².